The second kappa shape index (κ2) is 4.15. The molecule has 0 aromatic heterocycles. The van der Waals surface area contributed by atoms with Crippen LogP contribution in [0.1, 0.15) is 11.1 Å². The average molecular weight is 261 g/mol. The molecule has 0 bridgehead atoms. The van der Waals surface area contributed by atoms with Gasteiger partial charge in [0.05, 0.1) is 7.11 Å². The SMILES string of the molecule is CO[P+](O)(O)C1=Cc2cccc3cccc(c23)C1. The third-order valence-electron chi connectivity index (χ3n) is 3.35. The first-order valence-corrected chi connectivity index (χ1v) is 7.35. The molecule has 3 rings (SSSR count). The van der Waals surface area contributed by atoms with Gasteiger partial charge in [0.25, 0.3) is 0 Å². The van der Waals surface area contributed by atoms with Crippen molar-refractivity contribution in [1.82, 2.24) is 0 Å². The Bertz CT molecular complexity index is 641. The summed E-state index contributed by atoms with van der Waals surface area (Å²) in [5.74, 6) is 0. The second-order valence-corrected chi connectivity index (χ2v) is 6.43. The van der Waals surface area contributed by atoms with E-state index in [1.807, 2.05) is 30.3 Å². The highest BCUT2D eigenvalue weighted by Gasteiger charge is 2.42. The molecule has 2 aromatic carbocycles. The van der Waals surface area contributed by atoms with E-state index in [1.54, 1.807) is 0 Å². The van der Waals surface area contributed by atoms with E-state index in [1.165, 1.54) is 17.9 Å². The van der Waals surface area contributed by atoms with Crippen molar-refractivity contribution in [3.8, 4) is 0 Å². The summed E-state index contributed by atoms with van der Waals surface area (Å²) >= 11 is 0. The summed E-state index contributed by atoms with van der Waals surface area (Å²) in [6, 6.07) is 12.1. The second-order valence-electron chi connectivity index (χ2n) is 4.40. The summed E-state index contributed by atoms with van der Waals surface area (Å²) in [6.45, 7) is 0. The summed E-state index contributed by atoms with van der Waals surface area (Å²) in [5.41, 5.74) is 2.14. The standard InChI is InChI=1S/C14H14O3P/c1-17-18(15,16)13-8-11-6-2-4-10-5-3-7-12(9-13)14(10)11/h2-8,15-16H,9H2,1H3/q+1. The Morgan fingerprint density at radius 1 is 1.11 bits per heavy atom. The van der Waals surface area contributed by atoms with E-state index in [9.17, 15) is 9.79 Å². The van der Waals surface area contributed by atoms with Gasteiger partial charge in [-0.2, -0.15) is 14.3 Å². The zero-order valence-corrected chi connectivity index (χ0v) is 10.9. The van der Waals surface area contributed by atoms with Crippen molar-refractivity contribution in [3.05, 3.63) is 52.8 Å². The molecule has 92 valence electrons. The minimum absolute atomic E-state index is 0.531. The lowest BCUT2D eigenvalue weighted by Crippen LogP contribution is -2.05. The van der Waals surface area contributed by atoms with E-state index < -0.39 is 7.94 Å². The van der Waals surface area contributed by atoms with Crippen LogP contribution in [-0.4, -0.2) is 16.9 Å². The topological polar surface area (TPSA) is 49.7 Å². The Balaban J connectivity index is 2.24. The number of hydrogen-bond donors (Lipinski definition) is 2. The van der Waals surface area contributed by atoms with Gasteiger partial charge < -0.3 is 0 Å². The first-order valence-electron chi connectivity index (χ1n) is 5.74. The highest BCUT2D eigenvalue weighted by molar-refractivity contribution is 7.64. The highest BCUT2D eigenvalue weighted by atomic mass is 31.2. The lowest BCUT2D eigenvalue weighted by atomic mass is 9.93. The average Bonchev–Trinajstić information content (AvgIpc) is 2.39. The van der Waals surface area contributed by atoms with Crippen LogP contribution in [0.4, 0.5) is 0 Å². The summed E-state index contributed by atoms with van der Waals surface area (Å²) in [6.07, 6.45) is 2.37. The van der Waals surface area contributed by atoms with Crippen LogP contribution < -0.4 is 0 Å². The molecule has 0 atom stereocenters. The smallest absolute Gasteiger partial charge is 0.189 e. The maximum Gasteiger partial charge on any atom is 0.439 e. The van der Waals surface area contributed by atoms with Gasteiger partial charge in [0, 0.05) is 6.42 Å². The van der Waals surface area contributed by atoms with Crippen LogP contribution in [0.2, 0.25) is 0 Å². The summed E-state index contributed by atoms with van der Waals surface area (Å²) < 4.78 is 4.84. The van der Waals surface area contributed by atoms with E-state index in [2.05, 4.69) is 12.1 Å². The number of hydrogen-bond acceptors (Lipinski definition) is 3. The summed E-state index contributed by atoms with van der Waals surface area (Å²) in [4.78, 5) is 19.8. The predicted molar refractivity (Wildman–Crippen MR) is 74.0 cm³/mol. The number of rotatable bonds is 2. The molecule has 1 aliphatic carbocycles. The van der Waals surface area contributed by atoms with Crippen LogP contribution in [0.5, 0.6) is 0 Å². The Labute approximate surface area is 106 Å². The van der Waals surface area contributed by atoms with Crippen molar-refractivity contribution >= 4 is 24.8 Å². The van der Waals surface area contributed by atoms with E-state index >= 15 is 0 Å². The van der Waals surface area contributed by atoms with Crippen LogP contribution in [0.25, 0.3) is 16.8 Å². The lowest BCUT2D eigenvalue weighted by Gasteiger charge is -2.18. The van der Waals surface area contributed by atoms with E-state index in [0.717, 1.165) is 11.1 Å². The van der Waals surface area contributed by atoms with Gasteiger partial charge in [0.1, 0.15) is 0 Å². The van der Waals surface area contributed by atoms with Crippen LogP contribution in [0.15, 0.2) is 41.7 Å². The molecule has 4 heteroatoms. The van der Waals surface area contributed by atoms with Gasteiger partial charge in [0.15, 0.2) is 5.31 Å². The predicted octanol–water partition coefficient (Wildman–Crippen LogP) is 3.13. The van der Waals surface area contributed by atoms with E-state index in [-0.39, 0.29) is 0 Å². The zero-order chi connectivity index (χ0) is 12.8. The Morgan fingerprint density at radius 3 is 2.56 bits per heavy atom. The van der Waals surface area contributed by atoms with Crippen molar-refractivity contribution in [2.75, 3.05) is 7.11 Å². The fourth-order valence-electron chi connectivity index (χ4n) is 2.45. The third kappa shape index (κ3) is 1.76. The van der Waals surface area contributed by atoms with Crippen LogP contribution in [-0.2, 0) is 10.9 Å². The third-order valence-corrected chi connectivity index (χ3v) is 4.89. The Hall–Kier alpha value is -1.25. The molecule has 0 unspecified atom stereocenters. The normalized spacial score (nSPS) is 14.7. The molecule has 0 amide bonds. The van der Waals surface area contributed by atoms with Crippen molar-refractivity contribution in [2.45, 2.75) is 6.42 Å². The van der Waals surface area contributed by atoms with Gasteiger partial charge in [-0.1, -0.05) is 36.4 Å². The molecule has 0 saturated heterocycles. The van der Waals surface area contributed by atoms with Crippen molar-refractivity contribution in [1.29, 1.82) is 0 Å². The number of benzene rings is 2. The van der Waals surface area contributed by atoms with Crippen molar-refractivity contribution in [3.63, 3.8) is 0 Å². The van der Waals surface area contributed by atoms with E-state index in [0.29, 0.717) is 11.7 Å². The molecule has 2 N–H and O–H groups in total. The molecule has 0 radical (unpaired) electrons. The summed E-state index contributed by atoms with van der Waals surface area (Å²) in [5, 5.41) is 2.94. The van der Waals surface area contributed by atoms with Crippen molar-refractivity contribution in [2.24, 2.45) is 0 Å². The minimum atomic E-state index is -3.40. The zero-order valence-electron chi connectivity index (χ0n) is 10.00. The molecule has 0 aliphatic heterocycles. The maximum atomic E-state index is 9.91. The minimum Gasteiger partial charge on any atom is -0.189 e. The molecule has 0 heterocycles. The molecule has 0 fully saturated rings. The molecule has 2 aromatic rings. The van der Waals surface area contributed by atoms with Crippen LogP contribution in [0.3, 0.4) is 0 Å². The largest absolute Gasteiger partial charge is 0.439 e. The fraction of sp³-hybridized carbons (Fsp3) is 0.143. The highest BCUT2D eigenvalue weighted by Crippen LogP contribution is 2.61. The quantitative estimate of drug-likeness (QED) is 0.816. The van der Waals surface area contributed by atoms with Gasteiger partial charge in [-0.05, 0) is 28.0 Å². The van der Waals surface area contributed by atoms with Crippen LogP contribution in [0, 0.1) is 0 Å². The van der Waals surface area contributed by atoms with Gasteiger partial charge in [-0.15, -0.1) is 0 Å². The fourth-order valence-corrected chi connectivity index (χ4v) is 3.37. The first-order chi connectivity index (χ1) is 8.62. The van der Waals surface area contributed by atoms with Gasteiger partial charge in [-0.25, -0.2) is 0 Å². The summed E-state index contributed by atoms with van der Waals surface area (Å²) in [7, 11) is -2.07. The number of allylic oxidation sites excluding steroid dienone is 1. The lowest BCUT2D eigenvalue weighted by molar-refractivity contribution is 0.286. The molecule has 18 heavy (non-hydrogen) atoms. The first kappa shape index (κ1) is 11.8. The van der Waals surface area contributed by atoms with Gasteiger partial charge >= 0.3 is 7.94 Å². The van der Waals surface area contributed by atoms with E-state index in [4.69, 9.17) is 4.52 Å². The Morgan fingerprint density at radius 2 is 1.83 bits per heavy atom. The van der Waals surface area contributed by atoms with Gasteiger partial charge in [0.2, 0.25) is 0 Å². The Kier molecular flexibility index (Phi) is 2.72. The molecule has 0 spiro atoms. The van der Waals surface area contributed by atoms with Crippen molar-refractivity contribution < 1.29 is 14.3 Å². The molecular weight excluding hydrogens is 247 g/mol. The molecule has 3 nitrogen and oxygen atoms in total. The van der Waals surface area contributed by atoms with Gasteiger partial charge in [-0.3, -0.25) is 0 Å². The van der Waals surface area contributed by atoms with Crippen LogP contribution >= 0.6 is 7.94 Å². The maximum absolute atomic E-state index is 9.91. The molecule has 1 aliphatic rings. The molecule has 0 saturated carbocycles. The molecular formula is C14H14O3P+. The monoisotopic (exact) mass is 261 g/mol.